The fourth-order valence-corrected chi connectivity index (χ4v) is 11.1. The number of hydrogen-bond acceptors (Lipinski definition) is 11. The highest BCUT2D eigenvalue weighted by molar-refractivity contribution is 7.91. The summed E-state index contributed by atoms with van der Waals surface area (Å²) in [6.07, 6.45) is 6.29. The van der Waals surface area contributed by atoms with Gasteiger partial charge in [0.05, 0.1) is 34.0 Å². The van der Waals surface area contributed by atoms with Crippen LogP contribution in [0.3, 0.4) is 0 Å². The van der Waals surface area contributed by atoms with Gasteiger partial charge in [0.15, 0.2) is 5.78 Å². The number of ketones is 1. The number of amides is 3. The quantitative estimate of drug-likeness (QED) is 0.155. The predicted molar refractivity (Wildman–Crippen MR) is 241 cm³/mol. The minimum atomic E-state index is -4.00. The van der Waals surface area contributed by atoms with E-state index in [0.29, 0.717) is 53.0 Å². The number of carbonyl (C=O) groups is 4. The molecule has 2 aromatic carbocycles. The summed E-state index contributed by atoms with van der Waals surface area (Å²) in [6.45, 7) is 10.6. The standard InChI is InChI=1S/C47H56F2N6O8S2/c1-27(2)55-36-16-12-14-33(35-26-64-40(50-35)28-19-30(48)21-31(49)20-28)39(36)52-43(55)62-32-22-37-38(56)24-47(42(58)53-65(60,61)46(6)17-18-46)23-29(47)13-10-8-7-9-11-15-34(41(57)54(37)25-32)51-44(59)63-45(3,4)5/h10,12-14,16,19-21,26-27,29,32,34,37H,7-9,11,15,17-18,22-25H2,1-6H3,(H,51,59)(H,53,58)/b13-10-/t29-,32+,34-,37-,47+/m0/s1. The highest BCUT2D eigenvalue weighted by Gasteiger charge is 2.62. The number of benzene rings is 2. The molecule has 3 fully saturated rings. The van der Waals surface area contributed by atoms with Crippen molar-refractivity contribution in [2.45, 2.75) is 140 Å². The summed E-state index contributed by atoms with van der Waals surface area (Å²) in [5, 5.41) is 4.98. The van der Waals surface area contributed by atoms with Gasteiger partial charge in [-0.3, -0.25) is 23.7 Å². The molecule has 3 amide bonds. The van der Waals surface area contributed by atoms with Crippen molar-refractivity contribution in [2.75, 3.05) is 6.54 Å². The number of fused-ring (bicyclic) bond motifs is 3. The molecule has 2 aliphatic heterocycles. The molecule has 4 aromatic rings. The Morgan fingerprint density at radius 2 is 1.77 bits per heavy atom. The largest absolute Gasteiger partial charge is 0.459 e. The molecule has 0 unspecified atom stereocenters. The van der Waals surface area contributed by atoms with Crippen LogP contribution in [-0.4, -0.2) is 86.6 Å². The number of nitrogens with zero attached hydrogens (tertiary/aromatic N) is 4. The van der Waals surface area contributed by atoms with Crippen LogP contribution in [-0.2, 0) is 29.1 Å². The SMILES string of the molecule is CC(C)n1c(O[C@@H]2C[C@H]3C(=O)C[C@]4(C(=O)NS(=O)(=O)C5(C)CC5)C[C@@H]4/C=C\CCCCC[C@H](NC(=O)OC(C)(C)C)C(=O)N3C2)nc2c(-c3csc(-c4cc(F)cc(F)c4)n3)cccc21. The minimum absolute atomic E-state index is 0.0338. The van der Waals surface area contributed by atoms with E-state index in [2.05, 4.69) is 10.0 Å². The van der Waals surface area contributed by atoms with E-state index in [1.807, 2.05) is 48.8 Å². The summed E-state index contributed by atoms with van der Waals surface area (Å²) in [5.41, 5.74) is 0.602. The number of ether oxygens (including phenoxy) is 2. The Morgan fingerprint density at radius 3 is 2.46 bits per heavy atom. The molecule has 2 saturated carbocycles. The number of imidazole rings is 1. The van der Waals surface area contributed by atoms with Crippen molar-refractivity contribution in [3.63, 3.8) is 0 Å². The lowest BCUT2D eigenvalue weighted by Crippen LogP contribution is -2.53. The number of allylic oxidation sites excluding steroid dienone is 2. The van der Waals surface area contributed by atoms with Crippen LogP contribution in [0, 0.1) is 23.0 Å². The van der Waals surface area contributed by atoms with E-state index in [4.69, 9.17) is 19.4 Å². The summed E-state index contributed by atoms with van der Waals surface area (Å²) < 4.78 is 70.3. The van der Waals surface area contributed by atoms with E-state index in [-0.39, 0.29) is 50.2 Å². The predicted octanol–water partition coefficient (Wildman–Crippen LogP) is 8.41. The number of Topliss-reactive ketones (excluding diaryl/α,β-unsaturated/α-hetero) is 1. The molecule has 0 bridgehead atoms. The van der Waals surface area contributed by atoms with Crippen molar-refractivity contribution >= 4 is 56.1 Å². The van der Waals surface area contributed by atoms with Gasteiger partial charge >= 0.3 is 6.09 Å². The van der Waals surface area contributed by atoms with Gasteiger partial charge in [0, 0.05) is 41.5 Å². The van der Waals surface area contributed by atoms with Gasteiger partial charge in [-0.15, -0.1) is 11.3 Å². The molecule has 2 aliphatic carbocycles. The Morgan fingerprint density at radius 1 is 1.03 bits per heavy atom. The van der Waals surface area contributed by atoms with Crippen LogP contribution in [0.2, 0.25) is 0 Å². The molecule has 0 radical (unpaired) electrons. The van der Waals surface area contributed by atoms with Gasteiger partial charge in [-0.05, 0) is 104 Å². The van der Waals surface area contributed by atoms with Gasteiger partial charge < -0.3 is 19.7 Å². The van der Waals surface area contributed by atoms with E-state index >= 15 is 0 Å². The van der Waals surface area contributed by atoms with Crippen molar-refractivity contribution in [2.24, 2.45) is 11.3 Å². The molecule has 1 saturated heterocycles. The maximum atomic E-state index is 14.8. The zero-order valence-electron chi connectivity index (χ0n) is 37.5. The Hall–Kier alpha value is -5.23. The highest BCUT2D eigenvalue weighted by Crippen LogP contribution is 2.57. The third kappa shape index (κ3) is 9.70. The first-order valence-electron chi connectivity index (χ1n) is 22.3. The summed E-state index contributed by atoms with van der Waals surface area (Å²) in [4.78, 5) is 67.9. The second-order valence-electron chi connectivity index (χ2n) is 19.5. The number of aromatic nitrogens is 3. The first-order valence-corrected chi connectivity index (χ1v) is 24.7. The van der Waals surface area contributed by atoms with Crippen molar-refractivity contribution in [1.82, 2.24) is 29.5 Å². The smallest absolute Gasteiger partial charge is 0.408 e. The van der Waals surface area contributed by atoms with Crippen LogP contribution in [0.4, 0.5) is 13.6 Å². The molecule has 5 atom stereocenters. The molecular weight excluding hydrogens is 879 g/mol. The van der Waals surface area contributed by atoms with E-state index < -0.39 is 79.3 Å². The van der Waals surface area contributed by atoms with Crippen LogP contribution in [0.1, 0.15) is 112 Å². The summed E-state index contributed by atoms with van der Waals surface area (Å²) in [7, 11) is -4.00. The van der Waals surface area contributed by atoms with Crippen molar-refractivity contribution in [3.05, 3.63) is 65.6 Å². The van der Waals surface area contributed by atoms with Crippen LogP contribution < -0.4 is 14.8 Å². The van der Waals surface area contributed by atoms with Crippen molar-refractivity contribution < 1.29 is 45.9 Å². The lowest BCUT2D eigenvalue weighted by atomic mass is 9.91. The molecule has 2 N–H and O–H groups in total. The van der Waals surface area contributed by atoms with Gasteiger partial charge in [0.1, 0.15) is 39.9 Å². The molecule has 2 aromatic heterocycles. The van der Waals surface area contributed by atoms with Gasteiger partial charge in [-0.2, -0.15) is 4.98 Å². The number of thiazole rings is 1. The van der Waals surface area contributed by atoms with Crippen molar-refractivity contribution in [1.29, 1.82) is 0 Å². The lowest BCUT2D eigenvalue weighted by Gasteiger charge is -2.30. The van der Waals surface area contributed by atoms with Gasteiger partial charge in [0.2, 0.25) is 21.8 Å². The first kappa shape index (κ1) is 46.3. The maximum absolute atomic E-state index is 14.8. The second-order valence-corrected chi connectivity index (χ2v) is 22.5. The third-order valence-electron chi connectivity index (χ3n) is 12.9. The highest BCUT2D eigenvalue weighted by atomic mass is 32.2. The number of hydrogen-bond donors (Lipinski definition) is 2. The number of alkyl carbamates (subject to hydrolysis) is 1. The van der Waals surface area contributed by atoms with Crippen molar-refractivity contribution in [3.8, 4) is 27.8 Å². The fraction of sp³-hybridized carbons (Fsp3) is 0.532. The van der Waals surface area contributed by atoms with E-state index in [0.717, 1.165) is 24.4 Å². The van der Waals surface area contributed by atoms with Gasteiger partial charge in [-0.1, -0.05) is 37.1 Å². The van der Waals surface area contributed by atoms with Gasteiger partial charge in [0.25, 0.3) is 6.01 Å². The normalized spacial score (nSPS) is 25.3. The minimum Gasteiger partial charge on any atom is -0.459 e. The Labute approximate surface area is 381 Å². The number of rotatable bonds is 9. The molecule has 14 nitrogen and oxygen atoms in total. The molecule has 4 aliphatic rings. The summed E-state index contributed by atoms with van der Waals surface area (Å²) in [5.74, 6) is -3.44. The molecule has 8 rings (SSSR count). The lowest BCUT2D eigenvalue weighted by molar-refractivity contribution is -0.140. The van der Waals surface area contributed by atoms with E-state index in [9.17, 15) is 36.4 Å². The Balaban J connectivity index is 1.12. The van der Waals surface area contributed by atoms with Crippen LogP contribution in [0.15, 0.2) is 53.9 Å². The number of carbonyl (C=O) groups excluding carboxylic acids is 4. The van der Waals surface area contributed by atoms with E-state index in [1.165, 1.54) is 28.4 Å². The average molecular weight is 935 g/mol. The van der Waals surface area contributed by atoms with Crippen LogP contribution in [0.25, 0.3) is 32.9 Å². The van der Waals surface area contributed by atoms with E-state index in [1.54, 1.807) is 33.1 Å². The first-order chi connectivity index (χ1) is 30.7. The molecule has 65 heavy (non-hydrogen) atoms. The van der Waals surface area contributed by atoms with Gasteiger partial charge in [-0.25, -0.2) is 27.0 Å². The number of sulfonamides is 1. The maximum Gasteiger partial charge on any atom is 0.408 e. The third-order valence-corrected chi connectivity index (χ3v) is 16.0. The zero-order valence-corrected chi connectivity index (χ0v) is 39.1. The molecule has 18 heteroatoms. The Bertz CT molecular complexity index is 2650. The monoisotopic (exact) mass is 934 g/mol. The molecule has 0 spiro atoms. The molecular formula is C47H56F2N6O8S2. The topological polar surface area (TPSA) is 179 Å². The number of nitrogens with one attached hydrogen (secondary N) is 2. The summed E-state index contributed by atoms with van der Waals surface area (Å²) in [6, 6.07) is 6.78. The fourth-order valence-electron chi connectivity index (χ4n) is 8.98. The Kier molecular flexibility index (Phi) is 12.5. The van der Waals surface area contributed by atoms with Crippen LogP contribution in [0.5, 0.6) is 6.01 Å². The zero-order chi connectivity index (χ0) is 46.6. The molecule has 4 heterocycles. The number of halogens is 2. The number of para-hydroxylation sites is 1. The second kappa shape index (κ2) is 17.5. The summed E-state index contributed by atoms with van der Waals surface area (Å²) >= 11 is 1.24. The average Bonchev–Trinajstić information content (AvgIpc) is 3.89. The molecule has 348 valence electrons. The van der Waals surface area contributed by atoms with Crippen LogP contribution >= 0.6 is 11.3 Å².